The molecule has 0 radical (unpaired) electrons. The van der Waals surface area contributed by atoms with E-state index in [4.69, 9.17) is 4.42 Å². The van der Waals surface area contributed by atoms with Gasteiger partial charge in [-0.25, -0.2) is 0 Å². The van der Waals surface area contributed by atoms with E-state index < -0.39 is 11.4 Å². The van der Waals surface area contributed by atoms with Crippen LogP contribution in [0.1, 0.15) is 21.7 Å². The van der Waals surface area contributed by atoms with Crippen LogP contribution in [-0.4, -0.2) is 30.3 Å². The maximum atomic E-state index is 13.7. The molecular formula is C22H16N2O4. The summed E-state index contributed by atoms with van der Waals surface area (Å²) in [7, 11) is 1.54. The van der Waals surface area contributed by atoms with E-state index in [1.807, 2.05) is 12.1 Å². The summed E-state index contributed by atoms with van der Waals surface area (Å²) in [4.78, 5) is 43.1. The van der Waals surface area contributed by atoms with Crippen molar-refractivity contribution in [2.24, 2.45) is 0 Å². The van der Waals surface area contributed by atoms with Crippen LogP contribution >= 0.6 is 0 Å². The first-order valence-electron chi connectivity index (χ1n) is 8.90. The lowest BCUT2D eigenvalue weighted by molar-refractivity contribution is -0.125. The third-order valence-corrected chi connectivity index (χ3v) is 5.61. The molecule has 1 aromatic heterocycles. The molecule has 0 saturated carbocycles. The minimum atomic E-state index is -1.53. The minimum absolute atomic E-state index is 0.0743. The van der Waals surface area contributed by atoms with Gasteiger partial charge >= 0.3 is 0 Å². The summed E-state index contributed by atoms with van der Waals surface area (Å²) in [6, 6.07) is 14.0. The van der Waals surface area contributed by atoms with Gasteiger partial charge in [-0.3, -0.25) is 14.4 Å². The highest BCUT2D eigenvalue weighted by atomic mass is 16.3. The molecule has 6 nitrogen and oxygen atoms in total. The van der Waals surface area contributed by atoms with E-state index >= 15 is 0 Å². The van der Waals surface area contributed by atoms with E-state index in [2.05, 4.69) is 6.58 Å². The zero-order valence-corrected chi connectivity index (χ0v) is 15.1. The molecule has 6 heteroatoms. The summed E-state index contributed by atoms with van der Waals surface area (Å²) < 4.78 is 5.83. The Balaban J connectivity index is 1.94. The molecule has 2 aliphatic heterocycles. The van der Waals surface area contributed by atoms with Crippen molar-refractivity contribution in [1.29, 1.82) is 0 Å². The largest absolute Gasteiger partial charge is 0.450 e. The number of likely N-dealkylation sites (N-methyl/N-ethyl adjacent to an activating group) is 1. The van der Waals surface area contributed by atoms with Gasteiger partial charge in [0.05, 0.1) is 16.6 Å². The van der Waals surface area contributed by atoms with E-state index in [1.54, 1.807) is 47.4 Å². The molecule has 2 aliphatic rings. The maximum Gasteiger partial charge on any atom is 0.291 e. The molecule has 0 fully saturated rings. The van der Waals surface area contributed by atoms with Crippen LogP contribution in [0.2, 0.25) is 0 Å². The molecule has 3 aromatic rings. The van der Waals surface area contributed by atoms with Crippen LogP contribution in [0.3, 0.4) is 0 Å². The van der Waals surface area contributed by atoms with E-state index in [1.165, 1.54) is 11.9 Å². The van der Waals surface area contributed by atoms with Crippen molar-refractivity contribution in [3.8, 4) is 0 Å². The topological polar surface area (TPSA) is 70.8 Å². The van der Waals surface area contributed by atoms with Gasteiger partial charge < -0.3 is 14.2 Å². The average Bonchev–Trinajstić information content (AvgIpc) is 3.09. The molecular weight excluding hydrogens is 356 g/mol. The number of fused-ring (bicyclic) bond motifs is 5. The Bertz CT molecular complexity index is 1260. The number of anilines is 1. The lowest BCUT2D eigenvalue weighted by atomic mass is 9.84. The molecule has 138 valence electrons. The highest BCUT2D eigenvalue weighted by molar-refractivity contribution is 6.17. The Labute approximate surface area is 160 Å². The number of amides is 2. The number of hydrogen-bond donors (Lipinski definition) is 0. The summed E-state index contributed by atoms with van der Waals surface area (Å²) in [5.41, 5.74) is -0.226. The predicted octanol–water partition coefficient (Wildman–Crippen LogP) is 2.65. The SMILES string of the molecule is C=CCN1C(=O)[C@]2(c3ccccc31)c1c(oc3ccccc3c1=O)C(=O)N2C. The molecule has 2 aromatic carbocycles. The number of carbonyl (C=O) groups excluding carboxylic acids is 2. The quantitative estimate of drug-likeness (QED) is 0.649. The number of nitrogens with zero attached hydrogens (tertiary/aromatic N) is 2. The van der Waals surface area contributed by atoms with Crippen molar-refractivity contribution in [2.45, 2.75) is 5.54 Å². The van der Waals surface area contributed by atoms with Crippen LogP contribution in [-0.2, 0) is 10.3 Å². The second kappa shape index (κ2) is 5.42. The molecule has 1 atom stereocenters. The Morgan fingerprint density at radius 1 is 1.07 bits per heavy atom. The molecule has 1 spiro atoms. The van der Waals surface area contributed by atoms with Crippen molar-refractivity contribution in [3.05, 3.63) is 88.3 Å². The van der Waals surface area contributed by atoms with E-state index in [-0.39, 0.29) is 29.2 Å². The van der Waals surface area contributed by atoms with E-state index in [0.717, 1.165) is 0 Å². The Kier molecular flexibility index (Phi) is 3.19. The Hall–Kier alpha value is -3.67. The fourth-order valence-corrected chi connectivity index (χ4v) is 4.40. The van der Waals surface area contributed by atoms with Gasteiger partial charge in [0, 0.05) is 19.2 Å². The van der Waals surface area contributed by atoms with Gasteiger partial charge in [-0.2, -0.15) is 0 Å². The first kappa shape index (κ1) is 16.5. The zero-order valence-electron chi connectivity index (χ0n) is 15.1. The molecule has 0 bridgehead atoms. The van der Waals surface area contributed by atoms with Crippen molar-refractivity contribution in [3.63, 3.8) is 0 Å². The third kappa shape index (κ3) is 1.70. The zero-order chi connectivity index (χ0) is 19.6. The first-order valence-corrected chi connectivity index (χ1v) is 8.90. The molecule has 28 heavy (non-hydrogen) atoms. The van der Waals surface area contributed by atoms with Gasteiger partial charge in [-0.05, 0) is 18.2 Å². The fraction of sp³-hybridized carbons (Fsp3) is 0.136. The number of rotatable bonds is 2. The summed E-state index contributed by atoms with van der Waals surface area (Å²) in [5.74, 6) is -0.915. The summed E-state index contributed by atoms with van der Waals surface area (Å²) in [6.45, 7) is 4.00. The normalized spacial score (nSPS) is 20.2. The van der Waals surface area contributed by atoms with Gasteiger partial charge in [0.1, 0.15) is 5.58 Å². The van der Waals surface area contributed by atoms with Crippen LogP contribution < -0.4 is 10.3 Å². The number of benzene rings is 2. The van der Waals surface area contributed by atoms with Crippen LogP contribution in [0, 0.1) is 0 Å². The molecule has 0 N–H and O–H groups in total. The standard InChI is InChI=1S/C22H16N2O4/c1-3-12-24-15-10-6-5-9-14(15)22(21(24)27)17-18(25)13-8-4-7-11-16(13)28-19(17)20(26)23(22)2/h3-11H,1,12H2,2H3/t22-/m0/s1. The molecule has 0 aliphatic carbocycles. The van der Waals surface area contributed by atoms with Crippen molar-refractivity contribution < 1.29 is 14.0 Å². The number of hydrogen-bond acceptors (Lipinski definition) is 4. The van der Waals surface area contributed by atoms with Gasteiger partial charge in [-0.15, -0.1) is 6.58 Å². The van der Waals surface area contributed by atoms with Crippen LogP contribution in [0.4, 0.5) is 5.69 Å². The lowest BCUT2D eigenvalue weighted by Crippen LogP contribution is -2.51. The average molecular weight is 372 g/mol. The molecule has 0 saturated heterocycles. The van der Waals surface area contributed by atoms with Crippen molar-refractivity contribution in [1.82, 2.24) is 4.90 Å². The minimum Gasteiger partial charge on any atom is -0.450 e. The maximum absolute atomic E-state index is 13.7. The Morgan fingerprint density at radius 3 is 2.57 bits per heavy atom. The summed E-state index contributed by atoms with van der Waals surface area (Å²) >= 11 is 0. The summed E-state index contributed by atoms with van der Waals surface area (Å²) in [6.07, 6.45) is 1.62. The second-order valence-corrected chi connectivity index (χ2v) is 6.93. The molecule has 0 unspecified atom stereocenters. The van der Waals surface area contributed by atoms with E-state index in [9.17, 15) is 14.4 Å². The summed E-state index contributed by atoms with van der Waals surface area (Å²) in [5, 5.41) is 0.344. The highest BCUT2D eigenvalue weighted by Gasteiger charge is 2.63. The fourth-order valence-electron chi connectivity index (χ4n) is 4.40. The van der Waals surface area contributed by atoms with Crippen LogP contribution in [0.25, 0.3) is 11.0 Å². The first-order chi connectivity index (χ1) is 13.5. The van der Waals surface area contributed by atoms with Crippen LogP contribution in [0.15, 0.2) is 70.4 Å². The third-order valence-electron chi connectivity index (χ3n) is 5.61. The molecule has 5 rings (SSSR count). The smallest absolute Gasteiger partial charge is 0.291 e. The Morgan fingerprint density at radius 2 is 1.79 bits per heavy atom. The monoisotopic (exact) mass is 372 g/mol. The number of para-hydroxylation sites is 2. The predicted molar refractivity (Wildman–Crippen MR) is 104 cm³/mol. The van der Waals surface area contributed by atoms with Crippen molar-refractivity contribution >= 4 is 28.5 Å². The number of carbonyl (C=O) groups is 2. The lowest BCUT2D eigenvalue weighted by Gasteiger charge is -2.31. The van der Waals surface area contributed by atoms with E-state index in [0.29, 0.717) is 22.2 Å². The van der Waals surface area contributed by atoms with Gasteiger partial charge in [-0.1, -0.05) is 36.4 Å². The van der Waals surface area contributed by atoms with Gasteiger partial charge in [0.25, 0.3) is 11.8 Å². The van der Waals surface area contributed by atoms with Crippen LogP contribution in [0.5, 0.6) is 0 Å². The highest BCUT2D eigenvalue weighted by Crippen LogP contribution is 2.51. The van der Waals surface area contributed by atoms with Crippen molar-refractivity contribution in [2.75, 3.05) is 18.5 Å². The molecule has 3 heterocycles. The van der Waals surface area contributed by atoms with Gasteiger partial charge in [0.15, 0.2) is 11.0 Å². The second-order valence-electron chi connectivity index (χ2n) is 6.93. The molecule has 2 amide bonds. The van der Waals surface area contributed by atoms with Gasteiger partial charge in [0.2, 0.25) is 5.76 Å².